The molecule has 7 heteroatoms. The average Bonchev–Trinajstić information content (AvgIpc) is 2.74. The zero-order chi connectivity index (χ0) is 21.7. The second kappa shape index (κ2) is 10.3. The Morgan fingerprint density at radius 2 is 1.60 bits per heavy atom. The first kappa shape index (κ1) is 22.6. The van der Waals surface area contributed by atoms with Gasteiger partial charge in [0, 0.05) is 36.7 Å². The fourth-order valence-electron chi connectivity index (χ4n) is 4.46. The Kier molecular flexibility index (Phi) is 7.75. The number of nitrogens with one attached hydrogen (secondary N) is 2. The van der Waals surface area contributed by atoms with E-state index in [2.05, 4.69) is 10.6 Å². The normalized spacial score (nSPS) is 23.5. The number of halogens is 1. The fraction of sp³-hybridized carbons (Fsp3) is 0.609. The number of carbonyl (C=O) groups excluding carboxylic acids is 3. The lowest BCUT2D eigenvalue weighted by molar-refractivity contribution is -0.135. The molecule has 1 aliphatic carbocycles. The number of benzene rings is 1. The molecule has 1 heterocycles. The van der Waals surface area contributed by atoms with E-state index in [-0.39, 0.29) is 35.7 Å². The van der Waals surface area contributed by atoms with Gasteiger partial charge in [-0.25, -0.2) is 0 Å². The highest BCUT2D eigenvalue weighted by Crippen LogP contribution is 2.23. The van der Waals surface area contributed by atoms with E-state index in [1.165, 1.54) is 0 Å². The number of hydrogen-bond acceptors (Lipinski definition) is 3. The molecule has 1 saturated heterocycles. The number of aryl methyl sites for hydroxylation is 1. The van der Waals surface area contributed by atoms with E-state index in [1.54, 1.807) is 11.8 Å². The summed E-state index contributed by atoms with van der Waals surface area (Å²) in [5, 5.41) is 5.81. The van der Waals surface area contributed by atoms with Crippen molar-refractivity contribution in [2.75, 3.05) is 13.1 Å². The SMILES string of the molecule is Cc1ccccc1C(=O)N[C@@H]1CCCCC1NC(=O)C1CCN(C(=O)C(C)Cl)CC1. The number of alkyl halides is 1. The number of nitrogens with zero attached hydrogens (tertiary/aromatic N) is 1. The lowest BCUT2D eigenvalue weighted by Gasteiger charge is -2.36. The molecule has 3 amide bonds. The molecule has 0 spiro atoms. The first-order chi connectivity index (χ1) is 14.4. The standard InChI is InChI=1S/C23H32ClN3O3/c1-15-7-3-4-8-18(15)22(29)26-20-10-6-5-9-19(20)25-21(28)17-11-13-27(14-12-17)23(30)16(2)24/h3-4,7-8,16-17,19-20H,5-6,9-14H2,1-2H3,(H,25,28)(H,26,29)/t16?,19?,20-/m1/s1. The highest BCUT2D eigenvalue weighted by atomic mass is 35.5. The molecule has 164 valence electrons. The quantitative estimate of drug-likeness (QED) is 0.700. The lowest BCUT2D eigenvalue weighted by atomic mass is 9.88. The molecule has 2 fully saturated rings. The molecule has 3 rings (SSSR count). The maximum Gasteiger partial charge on any atom is 0.251 e. The van der Waals surface area contributed by atoms with Crippen molar-refractivity contribution in [2.45, 2.75) is 69.8 Å². The van der Waals surface area contributed by atoms with Crippen molar-refractivity contribution in [3.05, 3.63) is 35.4 Å². The molecule has 1 saturated carbocycles. The van der Waals surface area contributed by atoms with Crippen molar-refractivity contribution in [1.29, 1.82) is 0 Å². The van der Waals surface area contributed by atoms with Crippen LogP contribution in [0, 0.1) is 12.8 Å². The number of carbonyl (C=O) groups is 3. The van der Waals surface area contributed by atoms with Crippen molar-refractivity contribution in [2.24, 2.45) is 5.92 Å². The number of likely N-dealkylation sites (tertiary alicyclic amines) is 1. The van der Waals surface area contributed by atoms with E-state index in [4.69, 9.17) is 11.6 Å². The van der Waals surface area contributed by atoms with Gasteiger partial charge < -0.3 is 15.5 Å². The van der Waals surface area contributed by atoms with E-state index < -0.39 is 5.38 Å². The largest absolute Gasteiger partial charge is 0.351 e. The van der Waals surface area contributed by atoms with E-state index in [1.807, 2.05) is 31.2 Å². The van der Waals surface area contributed by atoms with Crippen LogP contribution in [-0.4, -0.2) is 53.2 Å². The predicted molar refractivity (Wildman–Crippen MR) is 117 cm³/mol. The maximum absolute atomic E-state index is 12.9. The Balaban J connectivity index is 1.55. The van der Waals surface area contributed by atoms with Crippen LogP contribution in [0.3, 0.4) is 0 Å². The van der Waals surface area contributed by atoms with Crippen molar-refractivity contribution in [1.82, 2.24) is 15.5 Å². The van der Waals surface area contributed by atoms with Gasteiger partial charge in [-0.15, -0.1) is 11.6 Å². The van der Waals surface area contributed by atoms with Crippen LogP contribution in [0.2, 0.25) is 0 Å². The van der Waals surface area contributed by atoms with Gasteiger partial charge in [0.25, 0.3) is 5.91 Å². The zero-order valence-corrected chi connectivity index (χ0v) is 18.6. The Bertz CT molecular complexity index is 775. The number of piperidine rings is 1. The highest BCUT2D eigenvalue weighted by Gasteiger charge is 2.33. The van der Waals surface area contributed by atoms with E-state index >= 15 is 0 Å². The number of rotatable bonds is 5. The monoisotopic (exact) mass is 433 g/mol. The second-order valence-corrected chi connectivity index (χ2v) is 9.16. The number of hydrogen-bond donors (Lipinski definition) is 2. The third kappa shape index (κ3) is 5.54. The van der Waals surface area contributed by atoms with Gasteiger partial charge in [-0.3, -0.25) is 14.4 Å². The molecule has 2 unspecified atom stereocenters. The summed E-state index contributed by atoms with van der Waals surface area (Å²) in [5.74, 6) is -0.222. The minimum absolute atomic E-state index is 0.0306. The van der Waals surface area contributed by atoms with E-state index in [9.17, 15) is 14.4 Å². The Morgan fingerprint density at radius 3 is 2.20 bits per heavy atom. The van der Waals surface area contributed by atoms with Crippen LogP contribution in [0.5, 0.6) is 0 Å². The summed E-state index contributed by atoms with van der Waals surface area (Å²) in [6.07, 6.45) is 5.11. The summed E-state index contributed by atoms with van der Waals surface area (Å²) in [5.41, 5.74) is 1.62. The molecule has 1 aromatic rings. The van der Waals surface area contributed by atoms with Gasteiger partial charge in [0.15, 0.2) is 0 Å². The second-order valence-electron chi connectivity index (χ2n) is 8.51. The molecular weight excluding hydrogens is 402 g/mol. The Morgan fingerprint density at radius 1 is 1.00 bits per heavy atom. The van der Waals surface area contributed by atoms with Gasteiger partial charge in [-0.05, 0) is 51.2 Å². The van der Waals surface area contributed by atoms with Crippen molar-refractivity contribution >= 4 is 29.3 Å². The van der Waals surface area contributed by atoms with Crippen molar-refractivity contribution in [3.8, 4) is 0 Å². The van der Waals surface area contributed by atoms with Gasteiger partial charge >= 0.3 is 0 Å². The predicted octanol–water partition coefficient (Wildman–Crippen LogP) is 3.02. The molecule has 6 nitrogen and oxygen atoms in total. The van der Waals surface area contributed by atoms with Crippen LogP contribution >= 0.6 is 11.6 Å². The molecular formula is C23H32ClN3O3. The summed E-state index contributed by atoms with van der Waals surface area (Å²) in [4.78, 5) is 39.4. The Hall–Kier alpha value is -2.08. The lowest BCUT2D eigenvalue weighted by Crippen LogP contribution is -2.55. The summed E-state index contributed by atoms with van der Waals surface area (Å²) < 4.78 is 0. The van der Waals surface area contributed by atoms with Crippen molar-refractivity contribution < 1.29 is 14.4 Å². The van der Waals surface area contributed by atoms with Gasteiger partial charge in [0.05, 0.1) is 0 Å². The first-order valence-corrected chi connectivity index (χ1v) is 11.4. The third-order valence-corrected chi connectivity index (χ3v) is 6.50. The van der Waals surface area contributed by atoms with Crippen LogP contribution in [0.15, 0.2) is 24.3 Å². The minimum atomic E-state index is -0.532. The van der Waals surface area contributed by atoms with Gasteiger partial charge in [0.2, 0.25) is 11.8 Å². The molecule has 0 aromatic heterocycles. The van der Waals surface area contributed by atoms with Crippen LogP contribution in [0.1, 0.15) is 61.4 Å². The smallest absolute Gasteiger partial charge is 0.251 e. The summed E-state index contributed by atoms with van der Waals surface area (Å²) in [6, 6.07) is 7.43. The third-order valence-electron chi connectivity index (χ3n) is 6.32. The highest BCUT2D eigenvalue weighted by molar-refractivity contribution is 6.30. The fourth-order valence-corrected chi connectivity index (χ4v) is 4.60. The molecule has 3 atom stereocenters. The zero-order valence-electron chi connectivity index (χ0n) is 17.8. The van der Waals surface area contributed by atoms with Crippen molar-refractivity contribution in [3.63, 3.8) is 0 Å². The summed E-state index contributed by atoms with van der Waals surface area (Å²) >= 11 is 5.90. The van der Waals surface area contributed by atoms with Gasteiger partial charge in [-0.2, -0.15) is 0 Å². The Labute approximate surface area is 183 Å². The summed E-state index contributed by atoms with van der Waals surface area (Å²) in [7, 11) is 0. The molecule has 1 aliphatic heterocycles. The van der Waals surface area contributed by atoms with Crippen LogP contribution in [0.25, 0.3) is 0 Å². The minimum Gasteiger partial charge on any atom is -0.351 e. The molecule has 0 bridgehead atoms. The topological polar surface area (TPSA) is 78.5 Å². The van der Waals surface area contributed by atoms with E-state index in [0.717, 1.165) is 31.2 Å². The molecule has 1 aromatic carbocycles. The van der Waals surface area contributed by atoms with Crippen LogP contribution in [-0.2, 0) is 9.59 Å². The molecule has 2 aliphatic rings. The maximum atomic E-state index is 12.9. The van der Waals surface area contributed by atoms with Crippen LogP contribution < -0.4 is 10.6 Å². The molecule has 0 radical (unpaired) electrons. The number of amides is 3. The molecule has 30 heavy (non-hydrogen) atoms. The van der Waals surface area contributed by atoms with Crippen LogP contribution in [0.4, 0.5) is 0 Å². The summed E-state index contributed by atoms with van der Waals surface area (Å²) in [6.45, 7) is 4.73. The van der Waals surface area contributed by atoms with E-state index in [0.29, 0.717) is 31.5 Å². The molecule has 2 N–H and O–H groups in total. The van der Waals surface area contributed by atoms with Gasteiger partial charge in [0.1, 0.15) is 5.38 Å². The average molecular weight is 434 g/mol. The first-order valence-electron chi connectivity index (χ1n) is 11.0. The van der Waals surface area contributed by atoms with Gasteiger partial charge in [-0.1, -0.05) is 31.0 Å².